The van der Waals surface area contributed by atoms with E-state index in [1.54, 1.807) is 12.3 Å². The number of halogens is 1. The smallest absolute Gasteiger partial charge is 0.417 e. The summed E-state index contributed by atoms with van der Waals surface area (Å²) in [5.41, 5.74) is 0.991. The maximum Gasteiger partial charge on any atom is 0.417 e. The van der Waals surface area contributed by atoms with Crippen molar-refractivity contribution in [2.45, 2.75) is 6.42 Å². The molecule has 0 spiro atoms. The lowest BCUT2D eigenvalue weighted by Gasteiger charge is -1.98. The van der Waals surface area contributed by atoms with Gasteiger partial charge in [0.05, 0.1) is 6.61 Å². The predicted molar refractivity (Wildman–Crippen MR) is 44.6 cm³/mol. The summed E-state index contributed by atoms with van der Waals surface area (Å²) in [6.07, 6.45) is 2.25. The minimum absolute atomic E-state index is 0.323. The molecule has 1 radical (unpaired) electrons. The van der Waals surface area contributed by atoms with Crippen LogP contribution in [0.5, 0.6) is 0 Å². The second-order valence-electron chi connectivity index (χ2n) is 2.17. The van der Waals surface area contributed by atoms with Gasteiger partial charge in [0.15, 0.2) is 0 Å². The molecular weight excluding hydrogens is 178 g/mol. The molecule has 3 nitrogen and oxygen atoms in total. The van der Waals surface area contributed by atoms with Crippen LogP contribution < -0.4 is 0 Å². The normalized spacial score (nSPS) is 9.42. The van der Waals surface area contributed by atoms with E-state index in [9.17, 15) is 4.79 Å². The molecule has 0 aromatic carbocycles. The molecule has 0 bridgehead atoms. The zero-order valence-electron chi connectivity index (χ0n) is 6.29. The van der Waals surface area contributed by atoms with E-state index in [1.165, 1.54) is 6.47 Å². The van der Waals surface area contributed by atoms with Crippen LogP contribution in [0, 0.1) is 0 Å². The highest BCUT2D eigenvalue weighted by Crippen LogP contribution is 2.07. The van der Waals surface area contributed by atoms with Gasteiger partial charge in [-0.15, -0.1) is 0 Å². The van der Waals surface area contributed by atoms with Crippen molar-refractivity contribution in [3.8, 4) is 0 Å². The van der Waals surface area contributed by atoms with Crippen LogP contribution in [0.25, 0.3) is 0 Å². The first-order valence-electron chi connectivity index (χ1n) is 3.42. The first kappa shape index (κ1) is 9.00. The van der Waals surface area contributed by atoms with Crippen molar-refractivity contribution in [1.29, 1.82) is 0 Å². The molecule has 0 amide bonds. The Morgan fingerprint density at radius 1 is 1.67 bits per heavy atom. The van der Waals surface area contributed by atoms with Crippen LogP contribution in [0.2, 0.25) is 5.15 Å². The lowest BCUT2D eigenvalue weighted by atomic mass is 10.2. The molecule has 12 heavy (non-hydrogen) atoms. The van der Waals surface area contributed by atoms with Crippen LogP contribution in [-0.4, -0.2) is 18.1 Å². The van der Waals surface area contributed by atoms with Gasteiger partial charge in [0, 0.05) is 12.6 Å². The number of ether oxygens (including phenoxy) is 1. The molecule has 0 aliphatic rings. The second-order valence-corrected chi connectivity index (χ2v) is 2.56. The van der Waals surface area contributed by atoms with Crippen LogP contribution in [0.1, 0.15) is 5.56 Å². The zero-order valence-corrected chi connectivity index (χ0v) is 7.04. The molecule has 0 fully saturated rings. The minimum atomic E-state index is 0.323. The lowest BCUT2D eigenvalue weighted by Crippen LogP contribution is -1.96. The third-order valence-corrected chi connectivity index (χ3v) is 1.55. The third kappa shape index (κ3) is 2.88. The van der Waals surface area contributed by atoms with E-state index >= 15 is 0 Å². The lowest BCUT2D eigenvalue weighted by molar-refractivity contribution is 0.282. The Hall–Kier alpha value is -1.09. The Kier molecular flexibility index (Phi) is 3.54. The van der Waals surface area contributed by atoms with Gasteiger partial charge in [0.1, 0.15) is 5.15 Å². The average molecular weight is 185 g/mol. The van der Waals surface area contributed by atoms with Crippen LogP contribution in [-0.2, 0) is 16.0 Å². The number of nitrogens with zero attached hydrogens (tertiary/aromatic N) is 1. The minimum Gasteiger partial charge on any atom is -0.457 e. The number of pyridine rings is 1. The Balaban J connectivity index is 2.46. The van der Waals surface area contributed by atoms with Gasteiger partial charge >= 0.3 is 6.47 Å². The molecule has 0 saturated heterocycles. The summed E-state index contributed by atoms with van der Waals surface area (Å²) in [6.45, 7) is 1.68. The van der Waals surface area contributed by atoms with E-state index in [-0.39, 0.29) is 0 Å². The molecule has 0 aliphatic carbocycles. The first-order valence-corrected chi connectivity index (χ1v) is 3.80. The van der Waals surface area contributed by atoms with E-state index in [4.69, 9.17) is 11.6 Å². The molecule has 63 valence electrons. The van der Waals surface area contributed by atoms with E-state index in [1.807, 2.05) is 6.07 Å². The van der Waals surface area contributed by atoms with Crippen LogP contribution in [0.4, 0.5) is 0 Å². The first-order chi connectivity index (χ1) is 5.83. The molecule has 0 aliphatic heterocycles. The molecule has 1 aromatic heterocycles. The fourth-order valence-corrected chi connectivity index (χ4v) is 1.01. The van der Waals surface area contributed by atoms with E-state index in [2.05, 4.69) is 9.72 Å². The summed E-state index contributed by atoms with van der Waals surface area (Å²) >= 11 is 5.63. The van der Waals surface area contributed by atoms with Crippen LogP contribution in [0.15, 0.2) is 18.3 Å². The molecule has 0 unspecified atom stereocenters. The van der Waals surface area contributed by atoms with Crippen molar-refractivity contribution in [3.63, 3.8) is 0 Å². The van der Waals surface area contributed by atoms with Gasteiger partial charge in [0.25, 0.3) is 0 Å². The van der Waals surface area contributed by atoms with Crippen molar-refractivity contribution in [1.82, 2.24) is 4.98 Å². The molecule has 0 atom stereocenters. The molecule has 0 saturated carbocycles. The maximum absolute atomic E-state index is 9.68. The van der Waals surface area contributed by atoms with Crippen molar-refractivity contribution in [3.05, 3.63) is 29.0 Å². The van der Waals surface area contributed by atoms with E-state index < -0.39 is 0 Å². The number of hydrogen-bond acceptors (Lipinski definition) is 3. The molecule has 1 rings (SSSR count). The van der Waals surface area contributed by atoms with Gasteiger partial charge < -0.3 is 4.74 Å². The monoisotopic (exact) mass is 184 g/mol. The van der Waals surface area contributed by atoms with Gasteiger partial charge in [0.2, 0.25) is 0 Å². The quantitative estimate of drug-likeness (QED) is 0.524. The average Bonchev–Trinajstić information content (AvgIpc) is 2.05. The van der Waals surface area contributed by atoms with Crippen LogP contribution >= 0.6 is 11.6 Å². The van der Waals surface area contributed by atoms with Crippen molar-refractivity contribution < 1.29 is 9.53 Å². The van der Waals surface area contributed by atoms with Gasteiger partial charge in [-0.2, -0.15) is 0 Å². The van der Waals surface area contributed by atoms with Gasteiger partial charge in [-0.05, 0) is 17.7 Å². The number of aromatic nitrogens is 1. The van der Waals surface area contributed by atoms with Gasteiger partial charge in [-0.3, -0.25) is 0 Å². The topological polar surface area (TPSA) is 39.2 Å². The Labute approximate surface area is 75.3 Å². The second kappa shape index (κ2) is 4.72. The Morgan fingerprint density at radius 3 is 3.17 bits per heavy atom. The van der Waals surface area contributed by atoms with Crippen molar-refractivity contribution in [2.24, 2.45) is 0 Å². The fourth-order valence-electron chi connectivity index (χ4n) is 0.809. The van der Waals surface area contributed by atoms with Gasteiger partial charge in [-0.25, -0.2) is 9.78 Å². The maximum atomic E-state index is 9.68. The highest BCUT2D eigenvalue weighted by molar-refractivity contribution is 6.29. The Bertz CT molecular complexity index is 265. The molecule has 1 heterocycles. The molecular formula is C8H7ClNO2. The van der Waals surface area contributed by atoms with Crippen LogP contribution in [0.3, 0.4) is 0 Å². The Morgan fingerprint density at radius 2 is 2.50 bits per heavy atom. The molecule has 0 N–H and O–H groups in total. The summed E-state index contributed by atoms with van der Waals surface area (Å²) in [5.74, 6) is 0. The summed E-state index contributed by atoms with van der Waals surface area (Å²) in [5, 5.41) is 0.447. The SMILES string of the molecule is O=[C]OCCc1ccnc(Cl)c1. The molecule has 1 aromatic rings. The molecule has 4 heteroatoms. The number of hydrogen-bond donors (Lipinski definition) is 0. The summed E-state index contributed by atoms with van der Waals surface area (Å²) in [7, 11) is 0. The summed E-state index contributed by atoms with van der Waals surface area (Å²) < 4.78 is 4.41. The zero-order chi connectivity index (χ0) is 8.81. The standard InChI is InChI=1S/C8H7ClNO2/c9-8-5-7(1-3-10-8)2-4-12-6-11/h1,3,5H,2,4H2. The fraction of sp³-hybridized carbons (Fsp3) is 0.250. The largest absolute Gasteiger partial charge is 0.457 e. The number of carbonyl (C=O) groups excluding carboxylic acids is 1. The predicted octanol–water partition coefficient (Wildman–Crippen LogP) is 1.36. The highest BCUT2D eigenvalue weighted by atomic mass is 35.5. The summed E-state index contributed by atoms with van der Waals surface area (Å²) in [6, 6.07) is 3.55. The van der Waals surface area contributed by atoms with Crippen molar-refractivity contribution in [2.75, 3.05) is 6.61 Å². The van der Waals surface area contributed by atoms with Crippen molar-refractivity contribution >= 4 is 18.1 Å². The number of rotatable bonds is 4. The third-order valence-electron chi connectivity index (χ3n) is 1.34. The van der Waals surface area contributed by atoms with E-state index in [0.29, 0.717) is 18.2 Å². The summed E-state index contributed by atoms with van der Waals surface area (Å²) in [4.78, 5) is 13.5. The van der Waals surface area contributed by atoms with Gasteiger partial charge in [-0.1, -0.05) is 11.6 Å². The van der Waals surface area contributed by atoms with E-state index in [0.717, 1.165) is 5.56 Å². The highest BCUT2D eigenvalue weighted by Gasteiger charge is 1.94.